The van der Waals surface area contributed by atoms with Gasteiger partial charge in [-0.05, 0) is 31.9 Å². The number of hydrogen-bond acceptors (Lipinski definition) is 3. The third kappa shape index (κ3) is 3.15. The first-order valence-electron chi connectivity index (χ1n) is 7.47. The highest BCUT2D eigenvalue weighted by atomic mass is 32.2. The molecule has 1 aromatic carbocycles. The first kappa shape index (κ1) is 13.5. The van der Waals surface area contributed by atoms with Crippen LogP contribution in [-0.2, 0) is 0 Å². The minimum absolute atomic E-state index is 0.457. The molecule has 2 aliphatic heterocycles. The summed E-state index contributed by atoms with van der Waals surface area (Å²) in [5.74, 6) is 2.62. The zero-order chi connectivity index (χ0) is 13.1. The molecule has 0 radical (unpaired) electrons. The number of hydrogen-bond donors (Lipinski definition) is 1. The topological polar surface area (TPSA) is 15.3 Å². The van der Waals surface area contributed by atoms with E-state index in [1.165, 1.54) is 43.0 Å². The summed E-state index contributed by atoms with van der Waals surface area (Å²) < 4.78 is 0. The van der Waals surface area contributed by atoms with E-state index in [0.29, 0.717) is 12.1 Å². The smallest absolute Gasteiger partial charge is 0.0340 e. The third-order valence-electron chi connectivity index (χ3n) is 4.47. The summed E-state index contributed by atoms with van der Waals surface area (Å²) in [5.41, 5.74) is 1.41. The fourth-order valence-corrected chi connectivity index (χ4v) is 4.58. The van der Waals surface area contributed by atoms with Gasteiger partial charge in [-0.3, -0.25) is 4.90 Å². The van der Waals surface area contributed by atoms with Gasteiger partial charge in [0.25, 0.3) is 0 Å². The number of thioether (sulfide) groups is 1. The van der Waals surface area contributed by atoms with E-state index < -0.39 is 0 Å². The van der Waals surface area contributed by atoms with Gasteiger partial charge >= 0.3 is 0 Å². The molecule has 1 N–H and O–H groups in total. The number of benzene rings is 1. The van der Waals surface area contributed by atoms with Gasteiger partial charge in [-0.1, -0.05) is 30.3 Å². The van der Waals surface area contributed by atoms with Crippen molar-refractivity contribution in [3.63, 3.8) is 0 Å². The Labute approximate surface area is 121 Å². The average molecular weight is 276 g/mol. The number of piperidine rings is 1. The van der Waals surface area contributed by atoms with Crippen molar-refractivity contribution in [1.82, 2.24) is 10.2 Å². The maximum absolute atomic E-state index is 3.88. The molecule has 0 saturated carbocycles. The van der Waals surface area contributed by atoms with Gasteiger partial charge in [0.05, 0.1) is 0 Å². The highest BCUT2D eigenvalue weighted by molar-refractivity contribution is 7.99. The molecule has 2 nitrogen and oxygen atoms in total. The summed E-state index contributed by atoms with van der Waals surface area (Å²) in [6, 6.07) is 12.7. The molecular weight excluding hydrogens is 252 g/mol. The molecule has 104 valence electrons. The molecule has 0 aromatic heterocycles. The van der Waals surface area contributed by atoms with Gasteiger partial charge in [-0.15, -0.1) is 0 Å². The highest BCUT2D eigenvalue weighted by Gasteiger charge is 2.33. The van der Waals surface area contributed by atoms with Gasteiger partial charge < -0.3 is 5.32 Å². The summed E-state index contributed by atoms with van der Waals surface area (Å²) in [5, 5.41) is 3.88. The number of rotatable bonds is 3. The monoisotopic (exact) mass is 276 g/mol. The molecule has 2 fully saturated rings. The average Bonchev–Trinajstić information content (AvgIpc) is 2.48. The van der Waals surface area contributed by atoms with Gasteiger partial charge in [0, 0.05) is 36.2 Å². The van der Waals surface area contributed by atoms with Crippen molar-refractivity contribution in [2.75, 3.05) is 24.6 Å². The Balaban J connectivity index is 1.65. The molecule has 2 saturated heterocycles. The number of fused-ring (bicyclic) bond motifs is 1. The Morgan fingerprint density at radius 3 is 2.95 bits per heavy atom. The Hall–Kier alpha value is -0.510. The molecule has 0 spiro atoms. The van der Waals surface area contributed by atoms with E-state index in [1.807, 2.05) is 0 Å². The summed E-state index contributed by atoms with van der Waals surface area (Å²) in [4.78, 5) is 2.70. The van der Waals surface area contributed by atoms with Gasteiger partial charge in [-0.2, -0.15) is 11.8 Å². The minimum Gasteiger partial charge on any atom is -0.306 e. The highest BCUT2D eigenvalue weighted by Crippen LogP contribution is 2.27. The van der Waals surface area contributed by atoms with Crippen molar-refractivity contribution in [3.05, 3.63) is 35.9 Å². The van der Waals surface area contributed by atoms with Gasteiger partial charge in [-0.25, -0.2) is 0 Å². The maximum atomic E-state index is 3.88. The van der Waals surface area contributed by atoms with E-state index in [9.17, 15) is 0 Å². The fourth-order valence-electron chi connectivity index (χ4n) is 3.37. The van der Waals surface area contributed by atoms with E-state index >= 15 is 0 Å². The summed E-state index contributed by atoms with van der Waals surface area (Å²) >= 11 is 2.13. The molecular formula is C16H24N2S. The lowest BCUT2D eigenvalue weighted by Gasteiger charge is -2.45. The molecule has 0 amide bonds. The van der Waals surface area contributed by atoms with Crippen molar-refractivity contribution >= 4 is 11.8 Å². The van der Waals surface area contributed by atoms with E-state index in [1.54, 1.807) is 0 Å². The zero-order valence-corrected chi connectivity index (χ0v) is 12.5. The predicted octanol–water partition coefficient (Wildman–Crippen LogP) is 2.92. The van der Waals surface area contributed by atoms with E-state index in [0.717, 1.165) is 6.04 Å². The van der Waals surface area contributed by atoms with Crippen molar-refractivity contribution in [2.24, 2.45) is 0 Å². The second-order valence-electron chi connectivity index (χ2n) is 5.73. The molecule has 0 bridgehead atoms. The van der Waals surface area contributed by atoms with Gasteiger partial charge in [0.1, 0.15) is 0 Å². The SMILES string of the molecule is CC(NC1CCCN2CCSCC12)c1ccccc1. The van der Waals surface area contributed by atoms with Crippen molar-refractivity contribution in [2.45, 2.75) is 37.9 Å². The van der Waals surface area contributed by atoms with Crippen LogP contribution in [0.1, 0.15) is 31.4 Å². The lowest BCUT2D eigenvalue weighted by atomic mass is 9.95. The van der Waals surface area contributed by atoms with Crippen molar-refractivity contribution in [3.8, 4) is 0 Å². The molecule has 3 heteroatoms. The van der Waals surface area contributed by atoms with E-state index in [-0.39, 0.29) is 0 Å². The first-order valence-corrected chi connectivity index (χ1v) is 8.63. The van der Waals surface area contributed by atoms with Crippen LogP contribution >= 0.6 is 11.8 Å². The number of nitrogens with zero attached hydrogens (tertiary/aromatic N) is 1. The lowest BCUT2D eigenvalue weighted by Crippen LogP contribution is -2.57. The van der Waals surface area contributed by atoms with Crippen LogP contribution in [0, 0.1) is 0 Å². The van der Waals surface area contributed by atoms with E-state index in [2.05, 4.69) is 59.2 Å². The molecule has 2 aliphatic rings. The number of nitrogens with one attached hydrogen (secondary N) is 1. The standard InChI is InChI=1S/C16H24N2S/c1-13(14-6-3-2-4-7-14)17-15-8-5-9-18-10-11-19-12-16(15)18/h2-4,6-7,13,15-17H,5,8-12H2,1H3. The Morgan fingerprint density at radius 1 is 1.26 bits per heavy atom. The zero-order valence-electron chi connectivity index (χ0n) is 11.7. The van der Waals surface area contributed by atoms with Gasteiger partial charge in [0.2, 0.25) is 0 Å². The molecule has 2 heterocycles. The Kier molecular flexibility index (Phi) is 4.46. The molecule has 0 aliphatic carbocycles. The van der Waals surface area contributed by atoms with E-state index in [4.69, 9.17) is 0 Å². The summed E-state index contributed by atoms with van der Waals surface area (Å²) in [6.45, 7) is 4.89. The normalized spacial score (nSPS) is 29.7. The molecule has 3 unspecified atom stereocenters. The second kappa shape index (κ2) is 6.29. The van der Waals surface area contributed by atoms with Crippen molar-refractivity contribution < 1.29 is 0 Å². The van der Waals surface area contributed by atoms with Crippen LogP contribution in [0.4, 0.5) is 0 Å². The second-order valence-corrected chi connectivity index (χ2v) is 6.88. The lowest BCUT2D eigenvalue weighted by molar-refractivity contribution is 0.124. The predicted molar refractivity (Wildman–Crippen MR) is 83.7 cm³/mol. The van der Waals surface area contributed by atoms with Crippen LogP contribution in [0.5, 0.6) is 0 Å². The molecule has 1 aromatic rings. The largest absolute Gasteiger partial charge is 0.306 e. The van der Waals surface area contributed by atoms with Crippen LogP contribution < -0.4 is 5.32 Å². The molecule has 3 rings (SSSR count). The minimum atomic E-state index is 0.457. The van der Waals surface area contributed by atoms with Crippen LogP contribution in [-0.4, -0.2) is 41.6 Å². The quantitative estimate of drug-likeness (QED) is 0.914. The van der Waals surface area contributed by atoms with Crippen LogP contribution in [0.15, 0.2) is 30.3 Å². The van der Waals surface area contributed by atoms with Crippen LogP contribution in [0.25, 0.3) is 0 Å². The molecule has 3 atom stereocenters. The summed E-state index contributed by atoms with van der Waals surface area (Å²) in [6.07, 6.45) is 2.68. The van der Waals surface area contributed by atoms with Crippen LogP contribution in [0.3, 0.4) is 0 Å². The van der Waals surface area contributed by atoms with Crippen molar-refractivity contribution in [1.29, 1.82) is 0 Å². The Bertz CT molecular complexity index is 393. The van der Waals surface area contributed by atoms with Gasteiger partial charge in [0.15, 0.2) is 0 Å². The Morgan fingerprint density at radius 2 is 2.11 bits per heavy atom. The maximum Gasteiger partial charge on any atom is 0.0340 e. The van der Waals surface area contributed by atoms with Crippen LogP contribution in [0.2, 0.25) is 0 Å². The first-order chi connectivity index (χ1) is 9.34. The fraction of sp³-hybridized carbons (Fsp3) is 0.625. The third-order valence-corrected chi connectivity index (χ3v) is 5.52. The molecule has 19 heavy (non-hydrogen) atoms. The summed E-state index contributed by atoms with van der Waals surface area (Å²) in [7, 11) is 0.